The Hall–Kier alpha value is -3.30. The average Bonchev–Trinajstić information content (AvgIpc) is 3.16. The van der Waals surface area contributed by atoms with E-state index < -0.39 is 0 Å². The van der Waals surface area contributed by atoms with Gasteiger partial charge in [0.15, 0.2) is 5.65 Å². The summed E-state index contributed by atoms with van der Waals surface area (Å²) in [6, 6.07) is 9.72. The molecule has 32 heavy (non-hydrogen) atoms. The summed E-state index contributed by atoms with van der Waals surface area (Å²) < 4.78 is 13.8. The highest BCUT2D eigenvalue weighted by Crippen LogP contribution is 2.19. The van der Waals surface area contributed by atoms with E-state index in [1.807, 2.05) is 30.5 Å². The SMILES string of the molecule is C.COc1ccc(Cn2c(=O)n3ncnc3c3cc(CN4CCCOCC4)cnc32)cc1. The highest BCUT2D eigenvalue weighted by Gasteiger charge is 2.16. The number of hydrogen-bond donors (Lipinski definition) is 0. The van der Waals surface area contributed by atoms with E-state index in [0.717, 1.165) is 61.5 Å². The van der Waals surface area contributed by atoms with Crippen LogP contribution in [0, 0.1) is 0 Å². The summed E-state index contributed by atoms with van der Waals surface area (Å²) in [7, 11) is 1.63. The molecule has 1 saturated heterocycles. The third-order valence-electron chi connectivity index (χ3n) is 5.60. The number of benzene rings is 1. The van der Waals surface area contributed by atoms with Crippen molar-refractivity contribution in [3.05, 3.63) is 64.5 Å². The van der Waals surface area contributed by atoms with E-state index in [0.29, 0.717) is 17.8 Å². The second kappa shape index (κ2) is 9.46. The Bertz CT molecular complexity index is 1260. The highest BCUT2D eigenvalue weighted by atomic mass is 16.5. The van der Waals surface area contributed by atoms with Gasteiger partial charge in [-0.3, -0.25) is 9.47 Å². The van der Waals surface area contributed by atoms with Crippen LogP contribution < -0.4 is 10.4 Å². The van der Waals surface area contributed by atoms with Gasteiger partial charge in [0.2, 0.25) is 0 Å². The first-order chi connectivity index (χ1) is 15.2. The van der Waals surface area contributed by atoms with Gasteiger partial charge in [-0.15, -0.1) is 0 Å². The van der Waals surface area contributed by atoms with Gasteiger partial charge in [0.1, 0.15) is 17.7 Å². The largest absolute Gasteiger partial charge is 0.497 e. The third-order valence-corrected chi connectivity index (χ3v) is 5.60. The standard InChI is InChI=1S/C22H24N6O3.CH4/c1-30-18-5-3-16(4-6-18)14-27-20-19(21-24-15-25-28(21)22(27)29)11-17(12-23-20)13-26-7-2-9-31-10-8-26;/h3-6,11-12,15H,2,7-10,13-14H2,1H3;1H4. The van der Waals surface area contributed by atoms with Crippen LogP contribution in [-0.2, 0) is 17.8 Å². The molecule has 1 fully saturated rings. The molecule has 9 nitrogen and oxygen atoms in total. The van der Waals surface area contributed by atoms with Crippen LogP contribution in [0.4, 0.5) is 0 Å². The maximum atomic E-state index is 13.1. The molecule has 1 aliphatic rings. The molecule has 1 aromatic carbocycles. The maximum Gasteiger partial charge on any atom is 0.352 e. The number of ether oxygens (including phenoxy) is 2. The van der Waals surface area contributed by atoms with E-state index in [-0.39, 0.29) is 13.1 Å². The lowest BCUT2D eigenvalue weighted by molar-refractivity contribution is 0.140. The summed E-state index contributed by atoms with van der Waals surface area (Å²) in [6.45, 7) is 4.61. The fraction of sp³-hybridized carbons (Fsp3) is 0.391. The number of aromatic nitrogens is 5. The third kappa shape index (κ3) is 4.21. The fourth-order valence-corrected chi connectivity index (χ4v) is 4.01. The van der Waals surface area contributed by atoms with Crippen LogP contribution in [0.5, 0.6) is 5.75 Å². The molecule has 0 saturated carbocycles. The molecule has 4 aromatic rings. The Labute approximate surface area is 186 Å². The molecule has 0 radical (unpaired) electrons. The lowest BCUT2D eigenvalue weighted by Crippen LogP contribution is -2.29. The molecule has 5 rings (SSSR count). The zero-order chi connectivity index (χ0) is 21.2. The van der Waals surface area contributed by atoms with Crippen LogP contribution >= 0.6 is 0 Å². The minimum absolute atomic E-state index is 0. The van der Waals surface area contributed by atoms with Gasteiger partial charge in [-0.1, -0.05) is 19.6 Å². The van der Waals surface area contributed by atoms with E-state index in [2.05, 4.69) is 26.0 Å². The number of pyridine rings is 1. The first-order valence-corrected chi connectivity index (χ1v) is 10.4. The van der Waals surface area contributed by atoms with E-state index in [1.165, 1.54) is 10.8 Å². The number of rotatable bonds is 5. The molecule has 0 N–H and O–H groups in total. The van der Waals surface area contributed by atoms with Gasteiger partial charge < -0.3 is 9.47 Å². The molecule has 0 amide bonds. The first kappa shape index (κ1) is 21.9. The number of methoxy groups -OCH3 is 1. The highest BCUT2D eigenvalue weighted by molar-refractivity contribution is 5.89. The van der Waals surface area contributed by atoms with Gasteiger partial charge >= 0.3 is 5.69 Å². The van der Waals surface area contributed by atoms with Crippen molar-refractivity contribution in [1.29, 1.82) is 0 Å². The number of nitrogens with zero attached hydrogens (tertiary/aromatic N) is 6. The van der Waals surface area contributed by atoms with Gasteiger partial charge in [0.05, 0.1) is 25.6 Å². The fourth-order valence-electron chi connectivity index (χ4n) is 4.01. The van der Waals surface area contributed by atoms with Gasteiger partial charge in [-0.05, 0) is 35.7 Å². The number of hydrogen-bond acceptors (Lipinski definition) is 7. The average molecular weight is 437 g/mol. The van der Waals surface area contributed by atoms with Crippen molar-refractivity contribution < 1.29 is 9.47 Å². The van der Waals surface area contributed by atoms with Crippen molar-refractivity contribution in [3.63, 3.8) is 0 Å². The molecule has 9 heteroatoms. The Morgan fingerprint density at radius 1 is 1.03 bits per heavy atom. The molecule has 0 aliphatic carbocycles. The first-order valence-electron chi connectivity index (χ1n) is 10.4. The molecule has 3 aromatic heterocycles. The molecule has 0 unspecified atom stereocenters. The van der Waals surface area contributed by atoms with Crippen molar-refractivity contribution in [3.8, 4) is 5.75 Å². The zero-order valence-electron chi connectivity index (χ0n) is 17.4. The van der Waals surface area contributed by atoms with Crippen LogP contribution in [0.2, 0.25) is 0 Å². The van der Waals surface area contributed by atoms with Crippen molar-refractivity contribution in [1.82, 2.24) is 29.0 Å². The lowest BCUT2D eigenvalue weighted by atomic mass is 10.2. The van der Waals surface area contributed by atoms with Gasteiger partial charge in [0.25, 0.3) is 0 Å². The second-order valence-corrected chi connectivity index (χ2v) is 7.67. The zero-order valence-corrected chi connectivity index (χ0v) is 17.4. The minimum atomic E-state index is -0.263. The van der Waals surface area contributed by atoms with E-state index in [9.17, 15) is 4.79 Å². The van der Waals surface area contributed by atoms with Crippen molar-refractivity contribution in [2.24, 2.45) is 0 Å². The molecule has 4 heterocycles. The van der Waals surface area contributed by atoms with E-state index in [4.69, 9.17) is 9.47 Å². The Kier molecular flexibility index (Phi) is 6.48. The summed E-state index contributed by atoms with van der Waals surface area (Å²) in [4.78, 5) is 24.5. The predicted molar refractivity (Wildman–Crippen MR) is 122 cm³/mol. The lowest BCUT2D eigenvalue weighted by Gasteiger charge is -2.19. The molecular formula is C23H28N6O3. The monoisotopic (exact) mass is 436 g/mol. The van der Waals surface area contributed by atoms with Crippen LogP contribution in [0.15, 0.2) is 47.7 Å². The van der Waals surface area contributed by atoms with Crippen molar-refractivity contribution >= 4 is 16.7 Å². The van der Waals surface area contributed by atoms with Crippen LogP contribution in [0.25, 0.3) is 16.7 Å². The van der Waals surface area contributed by atoms with Gasteiger partial charge in [-0.25, -0.2) is 14.8 Å². The second-order valence-electron chi connectivity index (χ2n) is 7.67. The maximum absolute atomic E-state index is 13.1. The quantitative estimate of drug-likeness (QED) is 0.475. The summed E-state index contributed by atoms with van der Waals surface area (Å²) in [6.07, 6.45) is 4.29. The van der Waals surface area contributed by atoms with Crippen molar-refractivity contribution in [2.75, 3.05) is 33.4 Å². The Balaban J connectivity index is 0.00000245. The summed E-state index contributed by atoms with van der Waals surface area (Å²) in [5.74, 6) is 0.773. The summed E-state index contributed by atoms with van der Waals surface area (Å²) >= 11 is 0. The summed E-state index contributed by atoms with van der Waals surface area (Å²) in [5.41, 5.74) is 2.91. The van der Waals surface area contributed by atoms with E-state index >= 15 is 0 Å². The van der Waals surface area contributed by atoms with Gasteiger partial charge in [-0.2, -0.15) is 9.61 Å². The Morgan fingerprint density at radius 3 is 2.69 bits per heavy atom. The number of fused-ring (bicyclic) bond motifs is 3. The smallest absolute Gasteiger partial charge is 0.352 e. The van der Waals surface area contributed by atoms with Crippen molar-refractivity contribution in [2.45, 2.75) is 26.9 Å². The normalized spacial score (nSPS) is 14.9. The molecular weight excluding hydrogens is 408 g/mol. The van der Waals surface area contributed by atoms with Crippen LogP contribution in [-0.4, -0.2) is 62.5 Å². The van der Waals surface area contributed by atoms with E-state index in [1.54, 1.807) is 11.7 Å². The topological polar surface area (TPSA) is 86.8 Å². The minimum Gasteiger partial charge on any atom is -0.497 e. The molecule has 0 bridgehead atoms. The molecule has 0 atom stereocenters. The molecule has 0 spiro atoms. The Morgan fingerprint density at radius 2 is 1.88 bits per heavy atom. The molecule has 168 valence electrons. The van der Waals surface area contributed by atoms with Crippen LogP contribution in [0.1, 0.15) is 25.0 Å². The summed E-state index contributed by atoms with van der Waals surface area (Å²) in [5, 5.41) is 4.97. The van der Waals surface area contributed by atoms with Gasteiger partial charge in [0, 0.05) is 32.4 Å². The molecule has 1 aliphatic heterocycles. The van der Waals surface area contributed by atoms with Crippen LogP contribution in [0.3, 0.4) is 0 Å². The predicted octanol–water partition coefficient (Wildman–Crippen LogP) is 2.35.